The molecule has 2 aliphatic carbocycles. The summed E-state index contributed by atoms with van der Waals surface area (Å²) in [6.07, 6.45) is 5.82. The lowest BCUT2D eigenvalue weighted by Crippen LogP contribution is -2.22. The first kappa shape index (κ1) is 27.5. The zero-order valence-electron chi connectivity index (χ0n) is 27.2. The molecule has 0 aliphatic heterocycles. The highest BCUT2D eigenvalue weighted by Crippen LogP contribution is 2.55. The standard InChI is InChI=1S/C47H35N/c1-47(2)43-24-21-35(34-19-18-30-10-3-5-12-32(30)26-34)28-41(43)40-16-9-15-38(46(40)47)36-22-25-45-42(29-36)39-14-7-8-17-44(39)48(45)37-23-20-31-11-4-6-13-33(31)27-37/h3-14,16-29,38H,15H2,1-2H3. The Morgan fingerprint density at radius 1 is 0.562 bits per heavy atom. The molecular weight excluding hydrogens is 579 g/mol. The maximum atomic E-state index is 2.49. The summed E-state index contributed by atoms with van der Waals surface area (Å²) in [7, 11) is 0. The maximum Gasteiger partial charge on any atom is 0.0541 e. The van der Waals surface area contributed by atoms with E-state index in [1.807, 2.05) is 0 Å². The maximum absolute atomic E-state index is 2.49. The molecule has 1 atom stereocenters. The van der Waals surface area contributed by atoms with Gasteiger partial charge in [0.1, 0.15) is 0 Å². The minimum absolute atomic E-state index is 0.0595. The van der Waals surface area contributed by atoms with E-state index in [0.29, 0.717) is 5.92 Å². The van der Waals surface area contributed by atoms with Gasteiger partial charge in [0.15, 0.2) is 0 Å². The van der Waals surface area contributed by atoms with Gasteiger partial charge in [0, 0.05) is 27.8 Å². The molecule has 0 N–H and O–H groups in total. The van der Waals surface area contributed by atoms with E-state index in [9.17, 15) is 0 Å². The zero-order valence-corrected chi connectivity index (χ0v) is 27.2. The molecule has 1 heterocycles. The molecule has 0 radical (unpaired) electrons. The van der Waals surface area contributed by atoms with Crippen molar-refractivity contribution in [3.63, 3.8) is 0 Å². The van der Waals surface area contributed by atoms with Gasteiger partial charge in [0.2, 0.25) is 0 Å². The van der Waals surface area contributed by atoms with Gasteiger partial charge in [-0.1, -0.05) is 129 Å². The summed E-state index contributed by atoms with van der Waals surface area (Å²) in [5, 5.41) is 7.72. The van der Waals surface area contributed by atoms with Crippen LogP contribution < -0.4 is 0 Å². The summed E-state index contributed by atoms with van der Waals surface area (Å²) in [6, 6.07) is 54.2. The second-order valence-corrected chi connectivity index (χ2v) is 14.1. The number of nitrogens with zero attached hydrogens (tertiary/aromatic N) is 1. The van der Waals surface area contributed by atoms with Crippen LogP contribution in [0, 0.1) is 0 Å². The van der Waals surface area contributed by atoms with Crippen LogP contribution in [0.3, 0.4) is 0 Å². The van der Waals surface area contributed by atoms with Gasteiger partial charge in [-0.15, -0.1) is 0 Å². The molecular formula is C47H35N. The largest absolute Gasteiger partial charge is 0.309 e. The lowest BCUT2D eigenvalue weighted by molar-refractivity contribution is 0.573. The van der Waals surface area contributed by atoms with Crippen molar-refractivity contribution < 1.29 is 0 Å². The molecule has 8 aromatic rings. The van der Waals surface area contributed by atoms with Gasteiger partial charge in [-0.2, -0.15) is 0 Å². The lowest BCUT2D eigenvalue weighted by Gasteiger charge is -2.32. The monoisotopic (exact) mass is 613 g/mol. The molecule has 2 aliphatic rings. The third kappa shape index (κ3) is 3.97. The van der Waals surface area contributed by atoms with Gasteiger partial charge in [-0.05, 0) is 109 Å². The lowest BCUT2D eigenvalue weighted by atomic mass is 9.71. The van der Waals surface area contributed by atoms with E-state index in [0.717, 1.165) is 6.42 Å². The summed E-state index contributed by atoms with van der Waals surface area (Å²) in [5.41, 5.74) is 13.4. The quantitative estimate of drug-likeness (QED) is 0.187. The van der Waals surface area contributed by atoms with E-state index >= 15 is 0 Å². The molecule has 0 amide bonds. The third-order valence-corrected chi connectivity index (χ3v) is 11.1. The van der Waals surface area contributed by atoms with Crippen LogP contribution in [0.15, 0.2) is 163 Å². The Morgan fingerprint density at radius 2 is 1.23 bits per heavy atom. The summed E-state index contributed by atoms with van der Waals surface area (Å²) in [6.45, 7) is 4.86. The Labute approximate surface area is 281 Å². The van der Waals surface area contributed by atoms with Crippen molar-refractivity contribution in [2.75, 3.05) is 0 Å². The van der Waals surface area contributed by atoms with Gasteiger partial charge >= 0.3 is 0 Å². The van der Waals surface area contributed by atoms with E-state index in [4.69, 9.17) is 0 Å². The van der Waals surface area contributed by atoms with Gasteiger partial charge < -0.3 is 4.57 Å². The number of benzene rings is 7. The van der Waals surface area contributed by atoms with E-state index in [2.05, 4.69) is 176 Å². The Bertz CT molecular complexity index is 2680. The fourth-order valence-electron chi connectivity index (χ4n) is 8.83. The number of allylic oxidation sites excluding steroid dienone is 4. The molecule has 1 aromatic heterocycles. The number of hydrogen-bond acceptors (Lipinski definition) is 0. The molecule has 7 aromatic carbocycles. The van der Waals surface area contributed by atoms with Crippen molar-refractivity contribution >= 4 is 48.9 Å². The van der Waals surface area contributed by atoms with Crippen molar-refractivity contribution in [2.24, 2.45) is 0 Å². The third-order valence-electron chi connectivity index (χ3n) is 11.1. The van der Waals surface area contributed by atoms with Crippen LogP contribution in [0.4, 0.5) is 0 Å². The molecule has 10 rings (SSSR count). The molecule has 0 saturated heterocycles. The van der Waals surface area contributed by atoms with Crippen molar-refractivity contribution in [1.82, 2.24) is 4.57 Å². The highest BCUT2D eigenvalue weighted by atomic mass is 15.0. The molecule has 0 spiro atoms. The first-order valence-electron chi connectivity index (χ1n) is 17.1. The molecule has 0 saturated carbocycles. The van der Waals surface area contributed by atoms with Crippen LogP contribution >= 0.6 is 0 Å². The summed E-state index contributed by atoms with van der Waals surface area (Å²) >= 11 is 0. The fraction of sp³-hybridized carbons (Fsp3) is 0.106. The van der Waals surface area contributed by atoms with Crippen molar-refractivity contribution in [1.29, 1.82) is 0 Å². The average molecular weight is 614 g/mol. The summed E-state index contributed by atoms with van der Waals surface area (Å²) in [4.78, 5) is 0. The van der Waals surface area contributed by atoms with Gasteiger partial charge in [0.25, 0.3) is 0 Å². The summed E-state index contributed by atoms with van der Waals surface area (Å²) < 4.78 is 2.44. The predicted molar refractivity (Wildman–Crippen MR) is 204 cm³/mol. The Balaban J connectivity index is 1.10. The minimum Gasteiger partial charge on any atom is -0.309 e. The molecule has 1 unspecified atom stereocenters. The van der Waals surface area contributed by atoms with Gasteiger partial charge in [0.05, 0.1) is 11.0 Å². The van der Waals surface area contributed by atoms with Crippen LogP contribution in [0.5, 0.6) is 0 Å². The fourth-order valence-corrected chi connectivity index (χ4v) is 8.83. The minimum atomic E-state index is -0.0595. The average Bonchev–Trinajstić information content (AvgIpc) is 3.59. The van der Waals surface area contributed by atoms with Crippen LogP contribution in [-0.4, -0.2) is 4.57 Å². The number of hydrogen-bond donors (Lipinski definition) is 0. The predicted octanol–water partition coefficient (Wildman–Crippen LogP) is 12.5. The smallest absolute Gasteiger partial charge is 0.0541 e. The van der Waals surface area contributed by atoms with Crippen molar-refractivity contribution in [3.8, 4) is 16.8 Å². The van der Waals surface area contributed by atoms with Crippen LogP contribution in [0.2, 0.25) is 0 Å². The number of fused-ring (bicyclic) bond motifs is 7. The molecule has 228 valence electrons. The molecule has 0 bridgehead atoms. The Hall–Kier alpha value is -5.66. The molecule has 1 nitrogen and oxygen atoms in total. The van der Waals surface area contributed by atoms with Crippen molar-refractivity contribution in [2.45, 2.75) is 31.6 Å². The summed E-state index contributed by atoms with van der Waals surface area (Å²) in [5.74, 6) is 0.323. The highest BCUT2D eigenvalue weighted by Gasteiger charge is 2.42. The van der Waals surface area contributed by atoms with Crippen LogP contribution in [0.25, 0.3) is 65.7 Å². The van der Waals surface area contributed by atoms with E-state index < -0.39 is 0 Å². The Morgan fingerprint density at radius 3 is 2.06 bits per heavy atom. The second kappa shape index (κ2) is 10.2. The van der Waals surface area contributed by atoms with E-state index in [-0.39, 0.29) is 5.41 Å². The first-order valence-corrected chi connectivity index (χ1v) is 17.1. The molecule has 0 fully saturated rings. The van der Waals surface area contributed by atoms with Gasteiger partial charge in [-0.25, -0.2) is 0 Å². The second-order valence-electron chi connectivity index (χ2n) is 14.1. The SMILES string of the molecule is CC1(C)C2=C(C=CCC2c2ccc3c(c2)c2ccccc2n3-c2ccc3ccccc3c2)c2cc(-c3ccc4ccccc4c3)ccc21. The zero-order chi connectivity index (χ0) is 32.0. The van der Waals surface area contributed by atoms with Crippen LogP contribution in [0.1, 0.15) is 42.9 Å². The Kier molecular flexibility index (Phi) is 5.82. The van der Waals surface area contributed by atoms with Crippen molar-refractivity contribution in [3.05, 3.63) is 180 Å². The number of aromatic nitrogens is 1. The van der Waals surface area contributed by atoms with Gasteiger partial charge in [-0.3, -0.25) is 0 Å². The highest BCUT2D eigenvalue weighted by molar-refractivity contribution is 6.10. The normalized spacial score (nSPS) is 16.7. The number of rotatable bonds is 3. The first-order chi connectivity index (χ1) is 23.5. The molecule has 1 heteroatoms. The van der Waals surface area contributed by atoms with E-state index in [1.165, 1.54) is 82.4 Å². The molecule has 48 heavy (non-hydrogen) atoms. The van der Waals surface area contributed by atoms with Crippen LogP contribution in [-0.2, 0) is 5.41 Å². The topological polar surface area (TPSA) is 4.93 Å². The number of para-hydroxylation sites is 1. The van der Waals surface area contributed by atoms with E-state index in [1.54, 1.807) is 5.57 Å².